The highest BCUT2D eigenvalue weighted by atomic mass is 16.5. The van der Waals surface area contributed by atoms with Crippen molar-refractivity contribution in [1.82, 2.24) is 26.4 Å². The molecule has 0 aliphatic rings. The average Bonchev–Trinajstić information content (AvgIpc) is 2.82. The zero-order valence-electron chi connectivity index (χ0n) is 21.0. The van der Waals surface area contributed by atoms with Gasteiger partial charge in [-0.25, -0.2) is 5.48 Å². The van der Waals surface area contributed by atoms with Gasteiger partial charge in [0.15, 0.2) is 0 Å². The van der Waals surface area contributed by atoms with Crippen molar-refractivity contribution < 1.29 is 24.4 Å². The van der Waals surface area contributed by atoms with Crippen LogP contribution in [0.25, 0.3) is 10.9 Å². The van der Waals surface area contributed by atoms with Gasteiger partial charge in [-0.15, -0.1) is 0 Å². The Bertz CT molecular complexity index is 1080. The zero-order valence-corrected chi connectivity index (χ0v) is 21.0. The van der Waals surface area contributed by atoms with Gasteiger partial charge in [-0.05, 0) is 42.0 Å². The minimum Gasteiger partial charge on any atom is -0.357 e. The second-order valence-corrected chi connectivity index (χ2v) is 10.00. The third-order valence-electron chi connectivity index (χ3n) is 5.67. The van der Waals surface area contributed by atoms with Crippen LogP contribution < -0.4 is 21.4 Å². The molecule has 0 saturated heterocycles. The van der Waals surface area contributed by atoms with E-state index in [0.717, 1.165) is 5.39 Å². The Morgan fingerprint density at radius 3 is 2.26 bits per heavy atom. The van der Waals surface area contributed by atoms with Crippen molar-refractivity contribution in [2.24, 2.45) is 17.3 Å². The normalized spacial score (nSPS) is 14.1. The number of likely N-dealkylation sites (N-methyl/N-ethyl adjacent to an activating group) is 1. The Labute approximate surface area is 205 Å². The second-order valence-electron chi connectivity index (χ2n) is 10.00. The molecule has 0 radical (unpaired) electrons. The lowest BCUT2D eigenvalue weighted by Crippen LogP contribution is -2.59. The molecule has 190 valence electrons. The van der Waals surface area contributed by atoms with Crippen LogP contribution >= 0.6 is 0 Å². The number of nitrogens with one attached hydrogen (secondary N) is 4. The van der Waals surface area contributed by atoms with Gasteiger partial charge in [0.1, 0.15) is 12.1 Å². The van der Waals surface area contributed by atoms with Crippen LogP contribution in [0.5, 0.6) is 0 Å². The molecule has 0 bridgehead atoms. The summed E-state index contributed by atoms with van der Waals surface area (Å²) in [6, 6.07) is 6.16. The maximum absolute atomic E-state index is 13.4. The molecule has 0 saturated carbocycles. The number of hydroxylamine groups is 1. The first-order valence-electron chi connectivity index (χ1n) is 11.5. The first kappa shape index (κ1) is 27.7. The van der Waals surface area contributed by atoms with Crippen molar-refractivity contribution in [3.63, 3.8) is 0 Å². The molecule has 1 heterocycles. The highest BCUT2D eigenvalue weighted by Gasteiger charge is 2.39. The summed E-state index contributed by atoms with van der Waals surface area (Å²) in [5.41, 5.74) is 1.91. The van der Waals surface area contributed by atoms with Gasteiger partial charge in [0.25, 0.3) is 11.8 Å². The van der Waals surface area contributed by atoms with Crippen molar-refractivity contribution in [3.05, 3.63) is 42.1 Å². The molecule has 1 aromatic carbocycles. The molecular formula is C25H35N5O5. The van der Waals surface area contributed by atoms with E-state index in [4.69, 9.17) is 0 Å². The molecular weight excluding hydrogens is 450 g/mol. The number of pyridine rings is 1. The Morgan fingerprint density at radius 1 is 1.00 bits per heavy atom. The molecule has 4 amide bonds. The highest BCUT2D eigenvalue weighted by molar-refractivity contribution is 6.01. The summed E-state index contributed by atoms with van der Waals surface area (Å²) in [7, 11) is 1.47. The molecule has 10 nitrogen and oxygen atoms in total. The lowest BCUT2D eigenvalue weighted by molar-refractivity contribution is -0.139. The van der Waals surface area contributed by atoms with E-state index in [9.17, 15) is 24.4 Å². The van der Waals surface area contributed by atoms with E-state index in [0.29, 0.717) is 5.52 Å². The molecule has 0 aliphatic heterocycles. The van der Waals surface area contributed by atoms with Crippen LogP contribution in [0.1, 0.15) is 51.4 Å². The van der Waals surface area contributed by atoms with Gasteiger partial charge in [-0.1, -0.05) is 40.7 Å². The number of carbonyl (C=O) groups is 4. The maximum Gasteiger partial charge on any atom is 0.266 e. The van der Waals surface area contributed by atoms with Gasteiger partial charge in [-0.2, -0.15) is 0 Å². The summed E-state index contributed by atoms with van der Waals surface area (Å²) in [5, 5.41) is 18.0. The lowest BCUT2D eigenvalue weighted by atomic mass is 9.84. The van der Waals surface area contributed by atoms with Crippen molar-refractivity contribution in [3.8, 4) is 0 Å². The summed E-state index contributed by atoms with van der Waals surface area (Å²) in [6.45, 7) is 9.15. The minimum absolute atomic E-state index is 0.0310. The van der Waals surface area contributed by atoms with Crippen LogP contribution in [-0.2, 0) is 14.4 Å². The number of hydrogen-bond acceptors (Lipinski definition) is 6. The van der Waals surface area contributed by atoms with E-state index in [2.05, 4.69) is 20.9 Å². The van der Waals surface area contributed by atoms with Gasteiger partial charge < -0.3 is 16.0 Å². The standard InChI is InChI=1S/C25H35N5O5/c1-14(2)12-17(22(32)29-20(24(34)26-6)25(3,4)5)19(23(33)30-35)28-21(31)16-9-10-18-15(13-16)8-7-11-27-18/h7-11,13-14,17,19-20,35H,12H2,1-6H3,(H,26,34)(H,28,31)(H,29,32)(H,30,33)/t17-,19+,20-/m1/s1. The van der Waals surface area contributed by atoms with Crippen LogP contribution in [0, 0.1) is 17.3 Å². The van der Waals surface area contributed by atoms with Crippen molar-refractivity contribution in [2.45, 2.75) is 53.1 Å². The number of carbonyl (C=O) groups excluding carboxylic acids is 4. The molecule has 0 unspecified atom stereocenters. The molecule has 35 heavy (non-hydrogen) atoms. The molecule has 0 aliphatic carbocycles. The van der Waals surface area contributed by atoms with Crippen molar-refractivity contribution in [2.75, 3.05) is 7.05 Å². The van der Waals surface area contributed by atoms with Crippen molar-refractivity contribution in [1.29, 1.82) is 0 Å². The Morgan fingerprint density at radius 2 is 1.69 bits per heavy atom. The Balaban J connectivity index is 2.38. The number of amides is 4. The summed E-state index contributed by atoms with van der Waals surface area (Å²) >= 11 is 0. The number of hydrogen-bond donors (Lipinski definition) is 5. The smallest absolute Gasteiger partial charge is 0.266 e. The van der Waals surface area contributed by atoms with E-state index in [1.54, 1.807) is 62.8 Å². The SMILES string of the molecule is CNC(=O)[C@@H](NC(=O)[C@H](CC(C)C)[C@H](NC(=O)c1ccc2ncccc2c1)C(=O)NO)C(C)(C)C. The van der Waals surface area contributed by atoms with Gasteiger partial charge in [0.2, 0.25) is 11.8 Å². The minimum atomic E-state index is -1.38. The number of aromatic nitrogens is 1. The lowest BCUT2D eigenvalue weighted by Gasteiger charge is -2.33. The van der Waals surface area contributed by atoms with Crippen LogP contribution in [-0.4, -0.2) is 53.0 Å². The predicted molar refractivity (Wildman–Crippen MR) is 131 cm³/mol. The van der Waals surface area contributed by atoms with Gasteiger partial charge in [0, 0.05) is 24.2 Å². The molecule has 2 rings (SSSR count). The monoisotopic (exact) mass is 485 g/mol. The number of nitrogens with zero attached hydrogens (tertiary/aromatic N) is 1. The molecule has 0 fully saturated rings. The summed E-state index contributed by atoms with van der Waals surface area (Å²) in [4.78, 5) is 55.8. The largest absolute Gasteiger partial charge is 0.357 e. The fraction of sp³-hybridized carbons (Fsp3) is 0.480. The fourth-order valence-electron chi connectivity index (χ4n) is 3.83. The quantitative estimate of drug-likeness (QED) is 0.270. The molecule has 0 spiro atoms. The topological polar surface area (TPSA) is 150 Å². The maximum atomic E-state index is 13.4. The van der Waals surface area contributed by atoms with Crippen LogP contribution in [0.15, 0.2) is 36.5 Å². The van der Waals surface area contributed by atoms with Gasteiger partial charge >= 0.3 is 0 Å². The van der Waals surface area contributed by atoms with Gasteiger partial charge in [0.05, 0.1) is 11.4 Å². The Kier molecular flexibility index (Phi) is 9.30. The van der Waals surface area contributed by atoms with E-state index < -0.39 is 41.1 Å². The first-order chi connectivity index (χ1) is 16.4. The number of fused-ring (bicyclic) bond motifs is 1. The van der Waals surface area contributed by atoms with Crippen LogP contribution in [0.4, 0.5) is 0 Å². The predicted octanol–water partition coefficient (Wildman–Crippen LogP) is 1.78. The molecule has 10 heteroatoms. The van der Waals surface area contributed by atoms with E-state index in [1.165, 1.54) is 7.05 Å². The second kappa shape index (κ2) is 11.7. The van der Waals surface area contributed by atoms with E-state index in [-0.39, 0.29) is 23.8 Å². The molecule has 5 N–H and O–H groups in total. The fourth-order valence-corrected chi connectivity index (χ4v) is 3.83. The average molecular weight is 486 g/mol. The first-order valence-corrected chi connectivity index (χ1v) is 11.5. The Hall–Kier alpha value is -3.53. The zero-order chi connectivity index (χ0) is 26.3. The van der Waals surface area contributed by atoms with Gasteiger partial charge in [-0.3, -0.25) is 29.4 Å². The molecule has 1 aromatic heterocycles. The summed E-state index contributed by atoms with van der Waals surface area (Å²) in [6.07, 6.45) is 1.86. The molecule has 3 atom stereocenters. The summed E-state index contributed by atoms with van der Waals surface area (Å²) in [5.74, 6) is -3.58. The van der Waals surface area contributed by atoms with E-state index >= 15 is 0 Å². The van der Waals surface area contributed by atoms with Crippen molar-refractivity contribution >= 4 is 34.5 Å². The summed E-state index contributed by atoms with van der Waals surface area (Å²) < 4.78 is 0. The van der Waals surface area contributed by atoms with Crippen LogP contribution in [0.2, 0.25) is 0 Å². The molecule has 2 aromatic rings. The highest BCUT2D eigenvalue weighted by Crippen LogP contribution is 2.23. The number of rotatable bonds is 9. The van der Waals surface area contributed by atoms with E-state index in [1.807, 2.05) is 13.8 Å². The third-order valence-corrected chi connectivity index (χ3v) is 5.67. The third kappa shape index (κ3) is 7.22. The number of benzene rings is 1. The van der Waals surface area contributed by atoms with Crippen LogP contribution in [0.3, 0.4) is 0 Å².